The molecule has 0 saturated carbocycles. The molecule has 0 unspecified atom stereocenters. The van der Waals surface area contributed by atoms with E-state index in [-0.39, 0.29) is 5.56 Å². The Labute approximate surface area is 183 Å². The van der Waals surface area contributed by atoms with Gasteiger partial charge in [-0.1, -0.05) is 0 Å². The fourth-order valence-corrected chi connectivity index (χ4v) is 4.28. The van der Waals surface area contributed by atoms with Gasteiger partial charge in [0, 0.05) is 48.5 Å². The van der Waals surface area contributed by atoms with Crippen LogP contribution in [-0.4, -0.2) is 45.1 Å². The zero-order valence-corrected chi connectivity index (χ0v) is 18.5. The Balaban J connectivity index is 1.30. The van der Waals surface area contributed by atoms with Gasteiger partial charge in [-0.3, -0.25) is 14.8 Å². The van der Waals surface area contributed by atoms with Gasteiger partial charge in [0.15, 0.2) is 0 Å². The number of halogens is 2. The van der Waals surface area contributed by atoms with Gasteiger partial charge in [0.2, 0.25) is 0 Å². The number of nitrogens with zero attached hydrogens (tertiary/aromatic N) is 4. The molecule has 0 bridgehead atoms. The molecule has 0 aromatic carbocycles. The van der Waals surface area contributed by atoms with Crippen molar-refractivity contribution in [1.29, 1.82) is 0 Å². The lowest BCUT2D eigenvalue weighted by Crippen LogP contribution is -2.43. The largest absolute Gasteiger partial charge is 0.310 e. The Bertz CT molecular complexity index is 1090. The topological polar surface area (TPSA) is 63.1 Å². The molecule has 0 aliphatic carbocycles. The summed E-state index contributed by atoms with van der Waals surface area (Å²) in [6.07, 6.45) is 5.21. The highest BCUT2D eigenvalue weighted by Crippen LogP contribution is 2.16. The SMILES string of the molecule is Cc1ncc(CNC2CCN(CCn3c(=O)ccc4ncc(F)cc43)CC2)cc1Br. The Morgan fingerprint density at radius 1 is 1.17 bits per heavy atom. The summed E-state index contributed by atoms with van der Waals surface area (Å²) in [7, 11) is 0. The van der Waals surface area contributed by atoms with Gasteiger partial charge in [-0.2, -0.15) is 0 Å². The number of rotatable bonds is 6. The number of piperidine rings is 1. The van der Waals surface area contributed by atoms with E-state index in [1.54, 1.807) is 10.6 Å². The molecule has 6 nitrogen and oxygen atoms in total. The highest BCUT2D eigenvalue weighted by atomic mass is 79.9. The Kier molecular flexibility index (Phi) is 6.55. The van der Waals surface area contributed by atoms with Crippen molar-refractivity contribution in [3.8, 4) is 0 Å². The molecular weight excluding hydrogens is 449 g/mol. The van der Waals surface area contributed by atoms with Crippen molar-refractivity contribution < 1.29 is 4.39 Å². The van der Waals surface area contributed by atoms with E-state index in [0.717, 1.165) is 49.2 Å². The van der Waals surface area contributed by atoms with Crippen molar-refractivity contribution in [3.05, 3.63) is 68.6 Å². The van der Waals surface area contributed by atoms with Gasteiger partial charge in [0.05, 0.1) is 22.9 Å². The maximum Gasteiger partial charge on any atom is 0.251 e. The number of pyridine rings is 3. The zero-order chi connectivity index (χ0) is 21.1. The molecule has 1 aliphatic rings. The lowest BCUT2D eigenvalue weighted by molar-refractivity contribution is 0.191. The summed E-state index contributed by atoms with van der Waals surface area (Å²) in [4.78, 5) is 23.1. The van der Waals surface area contributed by atoms with Crippen molar-refractivity contribution in [3.63, 3.8) is 0 Å². The van der Waals surface area contributed by atoms with E-state index in [4.69, 9.17) is 0 Å². The van der Waals surface area contributed by atoms with Crippen molar-refractivity contribution >= 4 is 27.0 Å². The molecule has 4 rings (SSSR count). The molecule has 0 amide bonds. The number of aryl methyl sites for hydroxylation is 1. The molecule has 30 heavy (non-hydrogen) atoms. The quantitative estimate of drug-likeness (QED) is 0.595. The molecule has 1 fully saturated rings. The van der Waals surface area contributed by atoms with Crippen LogP contribution >= 0.6 is 15.9 Å². The van der Waals surface area contributed by atoms with Crippen LogP contribution in [0.15, 0.2) is 45.9 Å². The maximum atomic E-state index is 13.6. The molecule has 158 valence electrons. The first-order valence-electron chi connectivity index (χ1n) is 10.2. The second kappa shape index (κ2) is 9.32. The molecule has 0 radical (unpaired) electrons. The number of fused-ring (bicyclic) bond motifs is 1. The van der Waals surface area contributed by atoms with E-state index >= 15 is 0 Å². The molecule has 3 aromatic heterocycles. The number of hydrogen-bond acceptors (Lipinski definition) is 5. The van der Waals surface area contributed by atoms with Gasteiger partial charge in [-0.15, -0.1) is 0 Å². The minimum absolute atomic E-state index is 0.121. The molecule has 3 aromatic rings. The normalized spacial score (nSPS) is 15.7. The zero-order valence-electron chi connectivity index (χ0n) is 16.9. The van der Waals surface area contributed by atoms with Crippen LogP contribution in [0.5, 0.6) is 0 Å². The predicted octanol–water partition coefficient (Wildman–Crippen LogP) is 3.26. The number of hydrogen-bond donors (Lipinski definition) is 1. The second-order valence-electron chi connectivity index (χ2n) is 7.79. The summed E-state index contributed by atoms with van der Waals surface area (Å²) >= 11 is 3.53. The molecular formula is C22H25BrFN5O. The van der Waals surface area contributed by atoms with Crippen LogP contribution in [0.25, 0.3) is 11.0 Å². The van der Waals surface area contributed by atoms with Gasteiger partial charge < -0.3 is 14.8 Å². The molecule has 0 spiro atoms. The summed E-state index contributed by atoms with van der Waals surface area (Å²) in [6.45, 7) is 6.02. The Hall–Kier alpha value is -2.16. The van der Waals surface area contributed by atoms with Crippen molar-refractivity contribution in [2.45, 2.75) is 38.9 Å². The van der Waals surface area contributed by atoms with Gasteiger partial charge in [-0.25, -0.2) is 4.39 Å². The lowest BCUT2D eigenvalue weighted by Gasteiger charge is -2.32. The van der Waals surface area contributed by atoms with Crippen LogP contribution in [0.2, 0.25) is 0 Å². The van der Waals surface area contributed by atoms with E-state index in [9.17, 15) is 9.18 Å². The van der Waals surface area contributed by atoms with E-state index in [1.807, 2.05) is 13.1 Å². The van der Waals surface area contributed by atoms with Crippen molar-refractivity contribution in [2.24, 2.45) is 0 Å². The first-order chi connectivity index (χ1) is 14.5. The van der Waals surface area contributed by atoms with Crippen LogP contribution in [0, 0.1) is 12.7 Å². The first kappa shape index (κ1) is 21.1. The van der Waals surface area contributed by atoms with E-state index in [1.165, 1.54) is 23.9 Å². The molecule has 4 heterocycles. The third kappa shape index (κ3) is 4.94. The smallest absolute Gasteiger partial charge is 0.251 e. The molecule has 1 aliphatic heterocycles. The van der Waals surface area contributed by atoms with Gasteiger partial charge in [0.1, 0.15) is 5.82 Å². The van der Waals surface area contributed by atoms with Crippen LogP contribution in [0.3, 0.4) is 0 Å². The summed E-state index contributed by atoms with van der Waals surface area (Å²) in [5, 5.41) is 3.63. The van der Waals surface area contributed by atoms with Gasteiger partial charge in [0.25, 0.3) is 5.56 Å². The molecule has 0 atom stereocenters. The van der Waals surface area contributed by atoms with E-state index in [2.05, 4.69) is 42.2 Å². The van der Waals surface area contributed by atoms with E-state index < -0.39 is 5.82 Å². The number of nitrogens with one attached hydrogen (secondary N) is 1. The first-order valence-corrected chi connectivity index (χ1v) is 11.0. The molecule has 1 N–H and O–H groups in total. The summed E-state index contributed by atoms with van der Waals surface area (Å²) < 4.78 is 16.3. The number of likely N-dealkylation sites (tertiary alicyclic amines) is 1. The summed E-state index contributed by atoms with van der Waals surface area (Å²) in [5.74, 6) is -0.426. The minimum atomic E-state index is -0.426. The molecule has 8 heteroatoms. The van der Waals surface area contributed by atoms with Crippen molar-refractivity contribution in [2.75, 3.05) is 19.6 Å². The maximum absolute atomic E-state index is 13.6. The summed E-state index contributed by atoms with van der Waals surface area (Å²) in [5.41, 5.74) is 3.24. The van der Waals surface area contributed by atoms with Crippen LogP contribution in [0.4, 0.5) is 4.39 Å². The van der Waals surface area contributed by atoms with Crippen molar-refractivity contribution in [1.82, 2.24) is 24.8 Å². The number of aromatic nitrogens is 3. The monoisotopic (exact) mass is 473 g/mol. The average molecular weight is 474 g/mol. The van der Waals surface area contributed by atoms with Gasteiger partial charge >= 0.3 is 0 Å². The van der Waals surface area contributed by atoms with Crippen LogP contribution < -0.4 is 10.9 Å². The van der Waals surface area contributed by atoms with Gasteiger partial charge in [-0.05, 0) is 66.5 Å². The predicted molar refractivity (Wildman–Crippen MR) is 119 cm³/mol. The fraction of sp³-hybridized carbons (Fsp3) is 0.409. The highest BCUT2D eigenvalue weighted by Gasteiger charge is 2.19. The van der Waals surface area contributed by atoms with Crippen LogP contribution in [-0.2, 0) is 13.1 Å². The summed E-state index contributed by atoms with van der Waals surface area (Å²) in [6, 6.07) is 7.12. The Morgan fingerprint density at radius 3 is 2.73 bits per heavy atom. The second-order valence-corrected chi connectivity index (χ2v) is 8.64. The third-order valence-corrected chi connectivity index (χ3v) is 6.51. The lowest BCUT2D eigenvalue weighted by atomic mass is 10.0. The standard InChI is InChI=1S/C22H25BrFN5O/c1-15-19(23)10-16(12-25-15)13-26-18-4-6-28(7-5-18)8-9-29-21-11-17(24)14-27-20(21)2-3-22(29)30/h2-3,10-12,14,18,26H,4-9,13H2,1H3. The fourth-order valence-electron chi connectivity index (χ4n) is 3.88. The average Bonchev–Trinajstić information content (AvgIpc) is 2.74. The minimum Gasteiger partial charge on any atom is -0.310 e. The van der Waals surface area contributed by atoms with Crippen LogP contribution in [0.1, 0.15) is 24.1 Å². The third-order valence-electron chi connectivity index (χ3n) is 5.71. The molecule has 1 saturated heterocycles. The van der Waals surface area contributed by atoms with E-state index in [0.29, 0.717) is 23.6 Å². The highest BCUT2D eigenvalue weighted by molar-refractivity contribution is 9.10. The Morgan fingerprint density at radius 2 is 1.97 bits per heavy atom.